The fourth-order valence-corrected chi connectivity index (χ4v) is 2.44. The van der Waals surface area contributed by atoms with Gasteiger partial charge in [0, 0.05) is 12.6 Å². The van der Waals surface area contributed by atoms with Gasteiger partial charge in [0.25, 0.3) is 0 Å². The van der Waals surface area contributed by atoms with Gasteiger partial charge >= 0.3 is 10.1 Å². The molecule has 1 unspecified atom stereocenters. The highest BCUT2D eigenvalue weighted by Crippen LogP contribution is 2.17. The van der Waals surface area contributed by atoms with Crippen LogP contribution in [0.25, 0.3) is 0 Å². The monoisotopic (exact) mass is 347 g/mol. The minimum absolute atomic E-state index is 0.0186. The van der Waals surface area contributed by atoms with Crippen LogP contribution in [0.15, 0.2) is 24.3 Å². The molecule has 0 spiro atoms. The molecule has 1 aromatic carbocycles. The molecule has 1 rings (SSSR count). The fourth-order valence-electron chi connectivity index (χ4n) is 1.80. The molecule has 0 heterocycles. The van der Waals surface area contributed by atoms with Gasteiger partial charge in [-0.1, -0.05) is 12.1 Å². The highest BCUT2D eigenvalue weighted by Gasteiger charge is 2.21. The number of carbonyl (C=O) groups excluding carboxylic acids is 1. The zero-order valence-corrected chi connectivity index (χ0v) is 14.8. The molecule has 22 heavy (non-hydrogen) atoms. The molecular weight excluding hydrogens is 326 g/mol. The highest BCUT2D eigenvalue weighted by atomic mass is 35.5. The van der Waals surface area contributed by atoms with E-state index in [0.29, 0.717) is 6.54 Å². The zero-order valence-electron chi connectivity index (χ0n) is 13.2. The molecule has 0 N–H and O–H groups in total. The molecule has 124 valence electrons. The Bertz CT molecular complexity index is 596. The van der Waals surface area contributed by atoms with Crippen molar-refractivity contribution in [2.45, 2.75) is 45.7 Å². The van der Waals surface area contributed by atoms with E-state index in [1.54, 1.807) is 36.1 Å². The lowest BCUT2D eigenvalue weighted by Gasteiger charge is -2.28. The van der Waals surface area contributed by atoms with Gasteiger partial charge in [0.1, 0.15) is 11.1 Å². The van der Waals surface area contributed by atoms with Crippen molar-refractivity contribution in [2.75, 3.05) is 5.75 Å². The first-order valence-corrected chi connectivity index (χ1v) is 9.13. The van der Waals surface area contributed by atoms with Gasteiger partial charge in [0.15, 0.2) is 0 Å². The van der Waals surface area contributed by atoms with Crippen molar-refractivity contribution in [1.29, 1.82) is 0 Å². The van der Waals surface area contributed by atoms with Crippen molar-refractivity contribution in [3.63, 3.8) is 0 Å². The Morgan fingerprint density at radius 3 is 2.18 bits per heavy atom. The third-order valence-electron chi connectivity index (χ3n) is 3.10. The SMILES string of the molecule is CCS(=O)(=O)Oc1ccc(CN(C(=O)C(C)Cl)C(C)C)cc1. The third kappa shape index (κ3) is 5.50. The van der Waals surface area contributed by atoms with Crippen LogP contribution in [0.4, 0.5) is 0 Å². The molecule has 1 amide bonds. The Morgan fingerprint density at radius 2 is 1.77 bits per heavy atom. The number of hydrogen-bond donors (Lipinski definition) is 0. The van der Waals surface area contributed by atoms with Crippen molar-refractivity contribution in [1.82, 2.24) is 4.90 Å². The van der Waals surface area contributed by atoms with Crippen LogP contribution in [-0.4, -0.2) is 36.4 Å². The number of halogens is 1. The van der Waals surface area contributed by atoms with E-state index in [0.717, 1.165) is 5.56 Å². The second kappa shape index (κ2) is 7.83. The molecule has 0 bridgehead atoms. The Morgan fingerprint density at radius 1 is 1.23 bits per heavy atom. The van der Waals surface area contributed by atoms with E-state index in [9.17, 15) is 13.2 Å². The Balaban J connectivity index is 2.84. The van der Waals surface area contributed by atoms with Crippen molar-refractivity contribution >= 4 is 27.6 Å². The van der Waals surface area contributed by atoms with E-state index >= 15 is 0 Å². The first kappa shape index (κ1) is 18.8. The summed E-state index contributed by atoms with van der Waals surface area (Å²) in [7, 11) is -3.53. The Kier molecular flexibility index (Phi) is 6.68. The van der Waals surface area contributed by atoms with Gasteiger partial charge in [-0.15, -0.1) is 11.6 Å². The number of benzene rings is 1. The summed E-state index contributed by atoms with van der Waals surface area (Å²) in [4.78, 5) is 13.7. The molecule has 0 aliphatic rings. The largest absolute Gasteiger partial charge is 0.382 e. The molecule has 1 aromatic rings. The highest BCUT2D eigenvalue weighted by molar-refractivity contribution is 7.87. The first-order valence-electron chi connectivity index (χ1n) is 7.12. The number of hydrogen-bond acceptors (Lipinski definition) is 4. The summed E-state index contributed by atoms with van der Waals surface area (Å²) in [6.45, 7) is 7.41. The van der Waals surface area contributed by atoms with E-state index < -0.39 is 15.5 Å². The second-order valence-electron chi connectivity index (χ2n) is 5.25. The number of alkyl halides is 1. The van der Waals surface area contributed by atoms with Gasteiger partial charge in [-0.2, -0.15) is 8.42 Å². The van der Waals surface area contributed by atoms with Gasteiger partial charge < -0.3 is 9.08 Å². The topological polar surface area (TPSA) is 63.7 Å². The van der Waals surface area contributed by atoms with E-state index in [2.05, 4.69) is 0 Å². The maximum absolute atomic E-state index is 12.1. The van der Waals surface area contributed by atoms with Crippen LogP contribution < -0.4 is 4.18 Å². The quantitative estimate of drug-likeness (QED) is 0.562. The Hall–Kier alpha value is -1.27. The van der Waals surface area contributed by atoms with E-state index in [1.165, 1.54) is 6.92 Å². The average molecular weight is 348 g/mol. The summed E-state index contributed by atoms with van der Waals surface area (Å²) >= 11 is 5.87. The lowest BCUT2D eigenvalue weighted by molar-refractivity contribution is -0.132. The third-order valence-corrected chi connectivity index (χ3v) is 4.44. The summed E-state index contributed by atoms with van der Waals surface area (Å²) in [6.07, 6.45) is 0. The number of carbonyl (C=O) groups is 1. The van der Waals surface area contributed by atoms with Crippen molar-refractivity contribution in [2.24, 2.45) is 0 Å². The van der Waals surface area contributed by atoms with Gasteiger partial charge in [0.05, 0.1) is 5.75 Å². The maximum atomic E-state index is 12.1. The van der Waals surface area contributed by atoms with E-state index in [1.807, 2.05) is 13.8 Å². The molecule has 0 saturated carbocycles. The number of nitrogens with zero attached hydrogens (tertiary/aromatic N) is 1. The molecule has 5 nitrogen and oxygen atoms in total. The van der Waals surface area contributed by atoms with Gasteiger partial charge in [0.2, 0.25) is 5.91 Å². The van der Waals surface area contributed by atoms with E-state index in [4.69, 9.17) is 15.8 Å². The van der Waals surface area contributed by atoms with Crippen LogP contribution in [0.1, 0.15) is 33.3 Å². The summed E-state index contributed by atoms with van der Waals surface area (Å²) in [5, 5.41) is -0.584. The van der Waals surface area contributed by atoms with Crippen molar-refractivity contribution < 1.29 is 17.4 Å². The van der Waals surface area contributed by atoms with Gasteiger partial charge in [-0.25, -0.2) is 0 Å². The molecule has 0 radical (unpaired) electrons. The predicted octanol–water partition coefficient (Wildman–Crippen LogP) is 2.78. The van der Waals surface area contributed by atoms with Crippen LogP contribution in [0.5, 0.6) is 5.75 Å². The summed E-state index contributed by atoms with van der Waals surface area (Å²) in [5.41, 5.74) is 0.876. The zero-order chi connectivity index (χ0) is 16.9. The van der Waals surface area contributed by atoms with Crippen LogP contribution in [0.2, 0.25) is 0 Å². The van der Waals surface area contributed by atoms with Gasteiger partial charge in [-0.05, 0) is 45.4 Å². The summed E-state index contributed by atoms with van der Waals surface area (Å²) in [5.74, 6) is 0.0436. The number of rotatable bonds is 7. The summed E-state index contributed by atoms with van der Waals surface area (Å²) in [6, 6.07) is 6.65. The van der Waals surface area contributed by atoms with Crippen molar-refractivity contribution in [3.05, 3.63) is 29.8 Å². The van der Waals surface area contributed by atoms with Crippen molar-refractivity contribution in [3.8, 4) is 5.75 Å². The lowest BCUT2D eigenvalue weighted by Crippen LogP contribution is -2.40. The molecule has 1 atom stereocenters. The fraction of sp³-hybridized carbons (Fsp3) is 0.533. The maximum Gasteiger partial charge on any atom is 0.308 e. The molecule has 0 aliphatic heterocycles. The standard InChI is InChI=1S/C15H22ClNO4S/c1-5-22(19,20)21-14-8-6-13(7-9-14)10-17(11(2)3)15(18)12(4)16/h6-9,11-12H,5,10H2,1-4H3. The molecule has 7 heteroatoms. The lowest BCUT2D eigenvalue weighted by atomic mass is 10.1. The molecule has 0 aliphatic carbocycles. The van der Waals surface area contributed by atoms with Gasteiger partial charge in [-0.3, -0.25) is 4.79 Å². The Labute approximate surface area is 137 Å². The molecule has 0 saturated heterocycles. The molecular formula is C15H22ClNO4S. The van der Waals surface area contributed by atoms with E-state index in [-0.39, 0.29) is 23.5 Å². The molecule has 0 aromatic heterocycles. The number of amides is 1. The van der Waals surface area contributed by atoms with Crippen LogP contribution in [0.3, 0.4) is 0 Å². The minimum Gasteiger partial charge on any atom is -0.382 e. The average Bonchev–Trinajstić information content (AvgIpc) is 2.45. The molecule has 0 fully saturated rings. The normalized spacial score (nSPS) is 13.0. The smallest absolute Gasteiger partial charge is 0.308 e. The van der Waals surface area contributed by atoms with Crippen LogP contribution in [0, 0.1) is 0 Å². The van der Waals surface area contributed by atoms with Crippen LogP contribution in [-0.2, 0) is 21.5 Å². The summed E-state index contributed by atoms with van der Waals surface area (Å²) < 4.78 is 27.7. The second-order valence-corrected chi connectivity index (χ2v) is 7.76. The predicted molar refractivity (Wildman–Crippen MR) is 87.5 cm³/mol. The minimum atomic E-state index is -3.53. The first-order chi connectivity index (χ1) is 10.2. The van der Waals surface area contributed by atoms with Crippen LogP contribution >= 0.6 is 11.6 Å².